The average molecular weight is 362 g/mol. The van der Waals surface area contributed by atoms with Crippen molar-refractivity contribution < 1.29 is 13.5 Å². The van der Waals surface area contributed by atoms with E-state index in [1.807, 2.05) is 38.1 Å². The number of para-hydroxylation sites is 2. The zero-order chi connectivity index (χ0) is 17.8. The highest BCUT2D eigenvalue weighted by Crippen LogP contribution is 2.36. The Bertz CT molecular complexity index is 871. The minimum absolute atomic E-state index is 0.301. The van der Waals surface area contributed by atoms with Crippen LogP contribution >= 0.6 is 11.8 Å². The first-order valence-electron chi connectivity index (χ1n) is 7.72. The van der Waals surface area contributed by atoms with Gasteiger partial charge in [0.05, 0.1) is 6.61 Å². The smallest absolute Gasteiger partial charge is 0.214 e. The van der Waals surface area contributed by atoms with Gasteiger partial charge in [-0.05, 0) is 42.5 Å². The second-order valence-corrected chi connectivity index (χ2v) is 6.51. The van der Waals surface area contributed by atoms with Crippen LogP contribution in [0.25, 0.3) is 5.69 Å². The van der Waals surface area contributed by atoms with Crippen molar-refractivity contribution >= 4 is 11.8 Å². The standard InChI is InChI=1S/C17H16F2N4OS/c1-3-24-16-7-5-4-6-15(16)23-17(20-21-22-23)25-11(2)13-9-8-12(18)10-14(13)19/h4-11H,3H2,1-2H3/t11-/m0/s1. The maximum Gasteiger partial charge on any atom is 0.214 e. The predicted octanol–water partition coefficient (Wildman–Crippen LogP) is 4.19. The maximum absolute atomic E-state index is 14.0. The van der Waals surface area contributed by atoms with Crippen LogP contribution in [0.3, 0.4) is 0 Å². The largest absolute Gasteiger partial charge is 0.492 e. The van der Waals surface area contributed by atoms with E-state index in [1.54, 1.807) is 4.68 Å². The van der Waals surface area contributed by atoms with Crippen LogP contribution < -0.4 is 4.74 Å². The van der Waals surface area contributed by atoms with Crippen LogP contribution in [0, 0.1) is 11.6 Å². The quantitative estimate of drug-likeness (QED) is 0.616. The molecule has 2 aromatic carbocycles. The van der Waals surface area contributed by atoms with Crippen LogP contribution in [-0.4, -0.2) is 26.8 Å². The normalized spacial score (nSPS) is 12.2. The van der Waals surface area contributed by atoms with E-state index < -0.39 is 11.6 Å². The summed E-state index contributed by atoms with van der Waals surface area (Å²) in [4.78, 5) is 0. The molecule has 0 N–H and O–H groups in total. The fraction of sp³-hybridized carbons (Fsp3) is 0.235. The van der Waals surface area contributed by atoms with Gasteiger partial charge in [0.15, 0.2) is 0 Å². The molecular formula is C17H16F2N4OS. The Labute approximate surface area is 148 Å². The van der Waals surface area contributed by atoms with Gasteiger partial charge in [-0.3, -0.25) is 0 Å². The Morgan fingerprint density at radius 3 is 2.76 bits per heavy atom. The van der Waals surface area contributed by atoms with E-state index in [4.69, 9.17) is 4.74 Å². The summed E-state index contributed by atoms with van der Waals surface area (Å²) in [5.74, 6) is -0.539. The van der Waals surface area contributed by atoms with Gasteiger partial charge in [-0.15, -0.1) is 5.10 Å². The number of benzene rings is 2. The zero-order valence-corrected chi connectivity index (χ0v) is 14.5. The molecule has 0 radical (unpaired) electrons. The van der Waals surface area contributed by atoms with Gasteiger partial charge in [-0.25, -0.2) is 8.78 Å². The molecule has 5 nitrogen and oxygen atoms in total. The summed E-state index contributed by atoms with van der Waals surface area (Å²) in [5, 5.41) is 11.9. The number of halogens is 2. The molecule has 0 fully saturated rings. The molecule has 0 aliphatic carbocycles. The Morgan fingerprint density at radius 1 is 1.20 bits per heavy atom. The minimum atomic E-state index is -0.603. The Kier molecular flexibility index (Phi) is 5.28. The number of rotatable bonds is 6. The van der Waals surface area contributed by atoms with E-state index in [1.165, 1.54) is 23.9 Å². The Morgan fingerprint density at radius 2 is 2.00 bits per heavy atom. The van der Waals surface area contributed by atoms with Gasteiger partial charge >= 0.3 is 0 Å². The molecule has 1 aromatic heterocycles. The van der Waals surface area contributed by atoms with Crippen molar-refractivity contribution in [3.8, 4) is 11.4 Å². The Hall–Kier alpha value is -2.48. The van der Waals surface area contributed by atoms with Crippen LogP contribution in [0.4, 0.5) is 8.78 Å². The van der Waals surface area contributed by atoms with Crippen LogP contribution in [-0.2, 0) is 0 Å². The molecule has 0 bridgehead atoms. The number of tetrazole rings is 1. The van der Waals surface area contributed by atoms with Gasteiger partial charge in [0, 0.05) is 16.9 Å². The molecule has 0 saturated heterocycles. The second-order valence-electron chi connectivity index (χ2n) is 5.20. The van der Waals surface area contributed by atoms with Gasteiger partial charge in [-0.2, -0.15) is 4.68 Å². The first kappa shape index (κ1) is 17.3. The molecule has 0 amide bonds. The number of thioether (sulfide) groups is 1. The number of aromatic nitrogens is 4. The van der Waals surface area contributed by atoms with Crippen molar-refractivity contribution in [3.63, 3.8) is 0 Å². The average Bonchev–Trinajstić information content (AvgIpc) is 3.03. The van der Waals surface area contributed by atoms with Crippen molar-refractivity contribution in [1.29, 1.82) is 0 Å². The monoisotopic (exact) mass is 362 g/mol. The van der Waals surface area contributed by atoms with E-state index in [9.17, 15) is 8.78 Å². The zero-order valence-electron chi connectivity index (χ0n) is 13.7. The van der Waals surface area contributed by atoms with Crippen LogP contribution in [0.1, 0.15) is 24.7 Å². The van der Waals surface area contributed by atoms with E-state index in [0.717, 1.165) is 6.07 Å². The molecule has 1 heterocycles. The summed E-state index contributed by atoms with van der Waals surface area (Å²) in [5.41, 5.74) is 1.09. The first-order chi connectivity index (χ1) is 12.1. The van der Waals surface area contributed by atoms with Crippen LogP contribution in [0.15, 0.2) is 47.6 Å². The first-order valence-corrected chi connectivity index (χ1v) is 8.60. The van der Waals surface area contributed by atoms with E-state index in [2.05, 4.69) is 15.5 Å². The summed E-state index contributed by atoms with van der Waals surface area (Å²) in [6, 6.07) is 10.9. The molecule has 3 aromatic rings. The summed E-state index contributed by atoms with van der Waals surface area (Å²) in [6.45, 7) is 4.22. The van der Waals surface area contributed by atoms with Crippen molar-refractivity contribution in [1.82, 2.24) is 20.2 Å². The lowest BCUT2D eigenvalue weighted by molar-refractivity contribution is 0.337. The third kappa shape index (κ3) is 3.79. The van der Waals surface area contributed by atoms with E-state index in [0.29, 0.717) is 28.8 Å². The third-order valence-electron chi connectivity index (χ3n) is 3.52. The molecule has 0 saturated carbocycles. The maximum atomic E-state index is 14.0. The molecule has 0 unspecified atom stereocenters. The van der Waals surface area contributed by atoms with Gasteiger partial charge in [0.1, 0.15) is 23.1 Å². The molecular weight excluding hydrogens is 346 g/mol. The fourth-order valence-electron chi connectivity index (χ4n) is 2.37. The molecule has 130 valence electrons. The summed E-state index contributed by atoms with van der Waals surface area (Å²) in [7, 11) is 0. The molecule has 1 atom stereocenters. The lowest BCUT2D eigenvalue weighted by Gasteiger charge is -2.14. The minimum Gasteiger partial charge on any atom is -0.492 e. The molecule has 0 aliphatic heterocycles. The van der Waals surface area contributed by atoms with Crippen molar-refractivity contribution in [3.05, 3.63) is 59.7 Å². The molecule has 0 aliphatic rings. The predicted molar refractivity (Wildman–Crippen MR) is 91.0 cm³/mol. The summed E-state index contributed by atoms with van der Waals surface area (Å²) < 4.78 is 34.2. The van der Waals surface area contributed by atoms with Gasteiger partial charge in [-0.1, -0.05) is 30.0 Å². The molecule has 25 heavy (non-hydrogen) atoms. The molecule has 0 spiro atoms. The highest BCUT2D eigenvalue weighted by Gasteiger charge is 2.19. The highest BCUT2D eigenvalue weighted by atomic mass is 32.2. The van der Waals surface area contributed by atoms with Gasteiger partial charge in [0.2, 0.25) is 5.16 Å². The van der Waals surface area contributed by atoms with Crippen molar-refractivity contribution in [2.75, 3.05) is 6.61 Å². The van der Waals surface area contributed by atoms with Gasteiger partial charge in [0.25, 0.3) is 0 Å². The van der Waals surface area contributed by atoms with Crippen molar-refractivity contribution in [2.45, 2.75) is 24.3 Å². The SMILES string of the molecule is CCOc1ccccc1-n1nnnc1S[C@@H](C)c1ccc(F)cc1F. The Balaban J connectivity index is 1.90. The number of nitrogens with zero attached hydrogens (tertiary/aromatic N) is 4. The second kappa shape index (κ2) is 7.60. The highest BCUT2D eigenvalue weighted by molar-refractivity contribution is 7.99. The van der Waals surface area contributed by atoms with Crippen LogP contribution in [0.5, 0.6) is 5.75 Å². The molecule has 3 rings (SSSR count). The lowest BCUT2D eigenvalue weighted by Crippen LogP contribution is -2.04. The van der Waals surface area contributed by atoms with Gasteiger partial charge < -0.3 is 4.74 Å². The van der Waals surface area contributed by atoms with Crippen LogP contribution in [0.2, 0.25) is 0 Å². The van der Waals surface area contributed by atoms with Crippen molar-refractivity contribution in [2.24, 2.45) is 0 Å². The van der Waals surface area contributed by atoms with E-state index >= 15 is 0 Å². The summed E-state index contributed by atoms with van der Waals surface area (Å²) in [6.07, 6.45) is 0. The number of hydrogen-bond donors (Lipinski definition) is 0. The topological polar surface area (TPSA) is 52.8 Å². The number of ether oxygens (including phenoxy) is 1. The third-order valence-corrected chi connectivity index (χ3v) is 4.59. The fourth-order valence-corrected chi connectivity index (χ4v) is 3.32. The summed E-state index contributed by atoms with van der Waals surface area (Å²) >= 11 is 1.28. The van der Waals surface area contributed by atoms with E-state index in [-0.39, 0.29) is 5.25 Å². The lowest BCUT2D eigenvalue weighted by atomic mass is 10.1. The molecule has 8 heteroatoms. The number of hydrogen-bond acceptors (Lipinski definition) is 5.